The first kappa shape index (κ1) is 14.8. The molecule has 0 radical (unpaired) electrons. The average molecular weight is 314 g/mol. The van der Waals surface area contributed by atoms with Gasteiger partial charge in [-0.2, -0.15) is 0 Å². The van der Waals surface area contributed by atoms with Crippen molar-refractivity contribution in [3.05, 3.63) is 57.6 Å². The van der Waals surface area contributed by atoms with Crippen molar-refractivity contribution in [1.82, 2.24) is 20.5 Å². The molecule has 0 aromatic carbocycles. The second kappa shape index (κ2) is 5.91. The highest BCUT2D eigenvalue weighted by atomic mass is 16.4. The van der Waals surface area contributed by atoms with Crippen molar-refractivity contribution in [2.24, 2.45) is 0 Å². The highest BCUT2D eigenvalue weighted by molar-refractivity contribution is 5.96. The molecule has 23 heavy (non-hydrogen) atoms. The number of furan rings is 1. The molecule has 0 aliphatic heterocycles. The van der Waals surface area contributed by atoms with Gasteiger partial charge in [-0.15, -0.1) is 5.10 Å². The molecule has 3 aromatic rings. The van der Waals surface area contributed by atoms with E-state index in [1.54, 1.807) is 26.0 Å². The van der Waals surface area contributed by atoms with Crippen molar-refractivity contribution in [1.29, 1.82) is 0 Å². The highest BCUT2D eigenvalue weighted by Gasteiger charge is 2.16. The number of hydrogen-bond donors (Lipinski definition) is 2. The minimum atomic E-state index is -0.477. The van der Waals surface area contributed by atoms with E-state index in [1.807, 2.05) is 0 Å². The van der Waals surface area contributed by atoms with Gasteiger partial charge in [0.25, 0.3) is 5.91 Å². The maximum atomic E-state index is 12.3. The number of aryl methyl sites for hydroxylation is 2. The van der Waals surface area contributed by atoms with Crippen LogP contribution in [0.3, 0.4) is 0 Å². The lowest BCUT2D eigenvalue weighted by molar-refractivity contribution is 0.0945. The molecule has 0 spiro atoms. The zero-order valence-corrected chi connectivity index (χ0v) is 12.5. The van der Waals surface area contributed by atoms with Crippen LogP contribution in [0.15, 0.2) is 38.1 Å². The molecule has 0 saturated heterocycles. The molecule has 1 amide bonds. The molecule has 0 unspecified atom stereocenters. The van der Waals surface area contributed by atoms with Crippen molar-refractivity contribution in [3.63, 3.8) is 0 Å². The minimum Gasteiger partial charge on any atom is -0.461 e. The van der Waals surface area contributed by atoms with Gasteiger partial charge in [-0.05, 0) is 31.5 Å². The largest absolute Gasteiger partial charge is 0.461 e. The van der Waals surface area contributed by atoms with Gasteiger partial charge in [0, 0.05) is 6.07 Å². The number of carbonyl (C=O) groups excluding carboxylic acids is 1. The molecule has 8 heteroatoms. The normalized spacial score (nSPS) is 10.7. The summed E-state index contributed by atoms with van der Waals surface area (Å²) < 4.78 is 10.1. The molecule has 0 atom stereocenters. The third-order valence-corrected chi connectivity index (χ3v) is 3.25. The number of aromatic amines is 1. The van der Waals surface area contributed by atoms with Gasteiger partial charge in [0.2, 0.25) is 5.82 Å². The van der Waals surface area contributed by atoms with Gasteiger partial charge in [-0.3, -0.25) is 9.89 Å². The molecule has 0 saturated carbocycles. The second-order valence-corrected chi connectivity index (χ2v) is 4.95. The molecule has 0 bridgehead atoms. The van der Waals surface area contributed by atoms with Crippen molar-refractivity contribution in [2.45, 2.75) is 20.4 Å². The first-order chi connectivity index (χ1) is 11.0. The Bertz CT molecular complexity index is 866. The van der Waals surface area contributed by atoms with Crippen LogP contribution in [-0.4, -0.2) is 21.1 Å². The lowest BCUT2D eigenvalue weighted by Gasteiger charge is -2.07. The molecule has 118 valence electrons. The predicted molar refractivity (Wildman–Crippen MR) is 79.7 cm³/mol. The first-order valence-corrected chi connectivity index (χ1v) is 6.89. The number of hydrogen-bond acceptors (Lipinski definition) is 6. The summed E-state index contributed by atoms with van der Waals surface area (Å²) in [6.07, 6.45) is 1.53. The third kappa shape index (κ3) is 3.05. The topological polar surface area (TPSA) is 114 Å². The number of aromatic nitrogens is 3. The van der Waals surface area contributed by atoms with E-state index in [1.165, 1.54) is 12.3 Å². The van der Waals surface area contributed by atoms with Gasteiger partial charge in [0.1, 0.15) is 11.6 Å². The van der Waals surface area contributed by atoms with Crippen molar-refractivity contribution in [3.8, 4) is 11.6 Å². The van der Waals surface area contributed by atoms with Gasteiger partial charge in [-0.1, -0.05) is 0 Å². The Morgan fingerprint density at radius 1 is 1.39 bits per heavy atom. The fraction of sp³-hybridized carbons (Fsp3) is 0.200. The quantitative estimate of drug-likeness (QED) is 0.755. The molecular weight excluding hydrogens is 300 g/mol. The van der Waals surface area contributed by atoms with Crippen LogP contribution in [0.2, 0.25) is 0 Å². The Labute approximate surface area is 130 Å². The van der Waals surface area contributed by atoms with E-state index in [4.69, 9.17) is 8.83 Å². The van der Waals surface area contributed by atoms with Gasteiger partial charge in [0.05, 0.1) is 18.4 Å². The van der Waals surface area contributed by atoms with Crippen LogP contribution in [0.25, 0.3) is 11.6 Å². The van der Waals surface area contributed by atoms with Crippen LogP contribution in [0, 0.1) is 13.8 Å². The van der Waals surface area contributed by atoms with Crippen LogP contribution < -0.4 is 10.9 Å². The SMILES string of the molecule is Cc1cc(=O)oc(C)c1C(=O)NCc1nc(-c2ccco2)n[nH]1. The summed E-state index contributed by atoms with van der Waals surface area (Å²) in [5.74, 6) is 1.37. The lowest BCUT2D eigenvalue weighted by atomic mass is 10.1. The van der Waals surface area contributed by atoms with Crippen molar-refractivity contribution < 1.29 is 13.6 Å². The summed E-state index contributed by atoms with van der Waals surface area (Å²) >= 11 is 0. The standard InChI is InChI=1S/C15H14N4O4/c1-8-6-12(20)23-9(2)13(8)15(21)16-7-11-17-14(19-18-11)10-4-3-5-22-10/h3-6H,7H2,1-2H3,(H,16,21)(H,17,18,19). The van der Waals surface area contributed by atoms with E-state index in [2.05, 4.69) is 20.5 Å². The van der Waals surface area contributed by atoms with Crippen molar-refractivity contribution in [2.75, 3.05) is 0 Å². The summed E-state index contributed by atoms with van der Waals surface area (Å²) in [7, 11) is 0. The number of amides is 1. The number of nitrogens with zero attached hydrogens (tertiary/aromatic N) is 2. The maximum absolute atomic E-state index is 12.3. The van der Waals surface area contributed by atoms with Gasteiger partial charge in [-0.25, -0.2) is 9.78 Å². The Kier molecular flexibility index (Phi) is 3.80. The van der Waals surface area contributed by atoms with E-state index in [-0.39, 0.29) is 18.2 Å². The molecule has 0 aliphatic carbocycles. The predicted octanol–water partition coefficient (Wildman–Crippen LogP) is 1.56. The lowest BCUT2D eigenvalue weighted by Crippen LogP contribution is -2.26. The van der Waals surface area contributed by atoms with Crippen LogP contribution in [0.5, 0.6) is 0 Å². The van der Waals surface area contributed by atoms with Crippen LogP contribution >= 0.6 is 0 Å². The molecule has 8 nitrogen and oxygen atoms in total. The second-order valence-electron chi connectivity index (χ2n) is 4.95. The monoisotopic (exact) mass is 314 g/mol. The summed E-state index contributed by atoms with van der Waals surface area (Å²) in [5.41, 5.74) is 0.426. The summed E-state index contributed by atoms with van der Waals surface area (Å²) in [6, 6.07) is 4.76. The van der Waals surface area contributed by atoms with Gasteiger partial charge in [0.15, 0.2) is 5.76 Å². The summed E-state index contributed by atoms with van der Waals surface area (Å²) in [5, 5.41) is 9.45. The maximum Gasteiger partial charge on any atom is 0.336 e. The average Bonchev–Trinajstić information content (AvgIpc) is 3.15. The Morgan fingerprint density at radius 3 is 2.91 bits per heavy atom. The fourth-order valence-electron chi connectivity index (χ4n) is 2.24. The Morgan fingerprint density at radius 2 is 2.22 bits per heavy atom. The van der Waals surface area contributed by atoms with E-state index in [9.17, 15) is 9.59 Å². The number of H-pyrrole nitrogens is 1. The molecule has 0 aliphatic rings. The molecule has 0 fully saturated rings. The Hall–Kier alpha value is -3.16. The summed E-state index contributed by atoms with van der Waals surface area (Å²) in [4.78, 5) is 27.7. The van der Waals surface area contributed by atoms with Crippen molar-refractivity contribution >= 4 is 5.91 Å². The molecule has 2 N–H and O–H groups in total. The fourth-order valence-corrected chi connectivity index (χ4v) is 2.24. The smallest absolute Gasteiger partial charge is 0.336 e. The van der Waals surface area contributed by atoms with E-state index in [0.29, 0.717) is 28.5 Å². The number of rotatable bonds is 4. The van der Waals surface area contributed by atoms with Crippen LogP contribution in [0.1, 0.15) is 27.5 Å². The van der Waals surface area contributed by atoms with E-state index < -0.39 is 5.63 Å². The number of carbonyl (C=O) groups is 1. The van der Waals surface area contributed by atoms with E-state index in [0.717, 1.165) is 0 Å². The summed E-state index contributed by atoms with van der Waals surface area (Å²) in [6.45, 7) is 3.42. The van der Waals surface area contributed by atoms with Gasteiger partial charge < -0.3 is 14.2 Å². The highest BCUT2D eigenvalue weighted by Crippen LogP contribution is 2.14. The Balaban J connectivity index is 1.72. The van der Waals surface area contributed by atoms with Crippen LogP contribution in [-0.2, 0) is 6.54 Å². The zero-order valence-electron chi connectivity index (χ0n) is 12.5. The molecular formula is C15H14N4O4. The van der Waals surface area contributed by atoms with E-state index >= 15 is 0 Å². The van der Waals surface area contributed by atoms with Crippen LogP contribution in [0.4, 0.5) is 0 Å². The molecule has 3 heterocycles. The first-order valence-electron chi connectivity index (χ1n) is 6.89. The molecule has 3 rings (SSSR count). The third-order valence-electron chi connectivity index (χ3n) is 3.25. The zero-order chi connectivity index (χ0) is 16.4. The minimum absolute atomic E-state index is 0.157. The van der Waals surface area contributed by atoms with Gasteiger partial charge >= 0.3 is 5.63 Å². The molecule has 3 aromatic heterocycles. The number of nitrogens with one attached hydrogen (secondary N) is 2.